The van der Waals surface area contributed by atoms with Gasteiger partial charge in [0, 0.05) is 35.7 Å². The van der Waals surface area contributed by atoms with Crippen LogP contribution in [0.15, 0.2) is 101 Å². The van der Waals surface area contributed by atoms with Crippen LogP contribution in [0.25, 0.3) is 0 Å². The number of benzene rings is 3. The average molecular weight is 552 g/mol. The van der Waals surface area contributed by atoms with E-state index in [0.717, 1.165) is 28.8 Å². The Labute approximate surface area is 242 Å². The summed E-state index contributed by atoms with van der Waals surface area (Å²) < 4.78 is 17.4. The fourth-order valence-corrected chi connectivity index (χ4v) is 5.78. The molecule has 0 spiro atoms. The second-order valence-corrected chi connectivity index (χ2v) is 10.6. The number of allylic oxidation sites excluding steroid dienone is 3. The van der Waals surface area contributed by atoms with Gasteiger partial charge in [-0.2, -0.15) is 0 Å². The number of nitrogens with one attached hydrogen (secondary N) is 1. The van der Waals surface area contributed by atoms with Crippen molar-refractivity contribution in [2.45, 2.75) is 51.4 Å². The molecule has 1 N–H and O–H groups in total. The Morgan fingerprint density at radius 1 is 0.902 bits per heavy atom. The van der Waals surface area contributed by atoms with Crippen LogP contribution in [0.1, 0.15) is 61.6 Å². The van der Waals surface area contributed by atoms with Crippen molar-refractivity contribution in [3.63, 3.8) is 0 Å². The highest BCUT2D eigenvalue weighted by atomic mass is 16.5. The lowest BCUT2D eigenvalue weighted by Crippen LogP contribution is -2.36. The molecule has 2 atom stereocenters. The molecule has 1 heterocycles. The van der Waals surface area contributed by atoms with Gasteiger partial charge in [0.25, 0.3) is 0 Å². The maximum atomic E-state index is 13.9. The molecule has 0 amide bonds. The fourth-order valence-electron chi connectivity index (χ4n) is 5.78. The number of rotatable bonds is 10. The van der Waals surface area contributed by atoms with Gasteiger partial charge in [0.15, 0.2) is 17.3 Å². The lowest BCUT2D eigenvalue weighted by atomic mass is 9.71. The number of carbonyl (C=O) groups is 2. The molecule has 212 valence electrons. The smallest absolute Gasteiger partial charge is 0.336 e. The molecule has 0 saturated carbocycles. The molecule has 0 saturated heterocycles. The lowest BCUT2D eigenvalue weighted by molar-refractivity contribution is -0.139. The molecule has 41 heavy (non-hydrogen) atoms. The molecule has 3 aromatic rings. The van der Waals surface area contributed by atoms with Crippen LogP contribution in [-0.4, -0.2) is 32.1 Å². The second-order valence-electron chi connectivity index (χ2n) is 10.6. The highest BCUT2D eigenvalue weighted by Crippen LogP contribution is 2.47. The van der Waals surface area contributed by atoms with E-state index in [0.29, 0.717) is 54.2 Å². The number of carbonyl (C=O) groups excluding carboxylic acids is 2. The predicted octanol–water partition coefficient (Wildman–Crippen LogP) is 6.63. The molecule has 0 aromatic heterocycles. The van der Waals surface area contributed by atoms with E-state index < -0.39 is 11.9 Å². The molecule has 3 aromatic carbocycles. The summed E-state index contributed by atoms with van der Waals surface area (Å²) in [7, 11) is 1.60. The number of esters is 1. The normalized spacial score (nSPS) is 18.5. The first-order valence-electron chi connectivity index (χ1n) is 14.3. The van der Waals surface area contributed by atoms with E-state index >= 15 is 0 Å². The third-order valence-electron chi connectivity index (χ3n) is 7.77. The molecule has 2 aliphatic rings. The number of ketones is 1. The number of Topliss-reactive ketones (excluding diaryl/α,β-unsaturated/α-hetero) is 1. The zero-order chi connectivity index (χ0) is 28.8. The van der Waals surface area contributed by atoms with E-state index in [4.69, 9.17) is 14.2 Å². The van der Waals surface area contributed by atoms with Crippen LogP contribution in [0.3, 0.4) is 0 Å². The van der Waals surface area contributed by atoms with Crippen molar-refractivity contribution in [3.05, 3.63) is 118 Å². The van der Waals surface area contributed by atoms with E-state index in [9.17, 15) is 9.59 Å². The molecule has 0 bridgehead atoms. The maximum Gasteiger partial charge on any atom is 0.336 e. The van der Waals surface area contributed by atoms with Gasteiger partial charge in [-0.1, -0.05) is 73.7 Å². The van der Waals surface area contributed by atoms with Crippen LogP contribution in [0.5, 0.6) is 11.5 Å². The van der Waals surface area contributed by atoms with E-state index in [2.05, 4.69) is 17.4 Å². The summed E-state index contributed by atoms with van der Waals surface area (Å²) >= 11 is 0. The van der Waals surface area contributed by atoms with Gasteiger partial charge in [-0.05, 0) is 54.5 Å². The minimum atomic E-state index is -0.575. The Kier molecular flexibility index (Phi) is 8.88. The zero-order valence-electron chi connectivity index (χ0n) is 23.9. The Morgan fingerprint density at radius 3 is 2.34 bits per heavy atom. The van der Waals surface area contributed by atoms with E-state index in [-0.39, 0.29) is 18.3 Å². The zero-order valence-corrected chi connectivity index (χ0v) is 23.9. The summed E-state index contributed by atoms with van der Waals surface area (Å²) in [5.41, 5.74) is 5.66. The summed E-state index contributed by atoms with van der Waals surface area (Å²) in [4.78, 5) is 27.6. The number of hydrogen-bond donors (Lipinski definition) is 1. The monoisotopic (exact) mass is 551 g/mol. The van der Waals surface area contributed by atoms with Gasteiger partial charge >= 0.3 is 5.97 Å². The summed E-state index contributed by atoms with van der Waals surface area (Å²) in [6.07, 6.45) is 2.54. The number of ether oxygens (including phenoxy) is 3. The molecule has 0 unspecified atom stereocenters. The fraction of sp³-hybridized carbons (Fsp3) is 0.314. The van der Waals surface area contributed by atoms with Crippen LogP contribution in [0.2, 0.25) is 0 Å². The topological polar surface area (TPSA) is 73.9 Å². The first kappa shape index (κ1) is 28.2. The van der Waals surface area contributed by atoms with Crippen LogP contribution in [-0.2, 0) is 20.7 Å². The summed E-state index contributed by atoms with van der Waals surface area (Å²) in [5.74, 6) is 0.302. The summed E-state index contributed by atoms with van der Waals surface area (Å²) in [5, 5.41) is 3.44. The molecule has 6 heteroatoms. The van der Waals surface area contributed by atoms with E-state index in [1.54, 1.807) is 7.11 Å². The van der Waals surface area contributed by atoms with Crippen molar-refractivity contribution in [2.75, 3.05) is 20.3 Å². The highest BCUT2D eigenvalue weighted by Gasteiger charge is 2.41. The molecule has 6 nitrogen and oxygen atoms in total. The van der Waals surface area contributed by atoms with Gasteiger partial charge in [-0.25, -0.2) is 4.79 Å². The van der Waals surface area contributed by atoms with Gasteiger partial charge in [-0.15, -0.1) is 0 Å². The molecule has 1 aliphatic heterocycles. The van der Waals surface area contributed by atoms with Gasteiger partial charge < -0.3 is 19.5 Å². The van der Waals surface area contributed by atoms with Crippen LogP contribution in [0, 0.1) is 0 Å². The quantitative estimate of drug-likeness (QED) is 0.285. The minimum Gasteiger partial charge on any atom is -0.493 e. The third-order valence-corrected chi connectivity index (χ3v) is 7.77. The van der Waals surface area contributed by atoms with Crippen molar-refractivity contribution in [1.82, 2.24) is 5.32 Å². The second kappa shape index (κ2) is 12.9. The lowest BCUT2D eigenvalue weighted by Gasteiger charge is -2.37. The molecule has 0 fully saturated rings. The predicted molar refractivity (Wildman–Crippen MR) is 159 cm³/mol. The Bertz CT molecular complexity index is 1460. The summed E-state index contributed by atoms with van der Waals surface area (Å²) in [6, 6.07) is 25.7. The number of hydrogen-bond acceptors (Lipinski definition) is 6. The van der Waals surface area contributed by atoms with Crippen LogP contribution >= 0.6 is 0 Å². The Hall–Kier alpha value is -4.32. The largest absolute Gasteiger partial charge is 0.493 e. The first-order valence-corrected chi connectivity index (χ1v) is 14.3. The minimum absolute atomic E-state index is 0.0324. The molecule has 5 rings (SSSR count). The van der Waals surface area contributed by atoms with Crippen molar-refractivity contribution in [1.29, 1.82) is 0 Å². The summed E-state index contributed by atoms with van der Waals surface area (Å²) in [6.45, 7) is 4.74. The van der Waals surface area contributed by atoms with Crippen LogP contribution in [0.4, 0.5) is 0 Å². The number of methoxy groups -OCH3 is 1. The molecular formula is C35H37NO5. The maximum absolute atomic E-state index is 13.9. The SMILES string of the molecule is CCCOc1ccc([C@@H]2C(C(=O)OCCc3ccccc3)=C(C)NC3=C2C(=O)C[C@H](c2ccccc2)C3)cc1OC. The van der Waals surface area contributed by atoms with Gasteiger partial charge in [0.05, 0.1) is 25.9 Å². The van der Waals surface area contributed by atoms with E-state index in [1.807, 2.05) is 80.6 Å². The Morgan fingerprint density at radius 2 is 1.63 bits per heavy atom. The standard InChI is InChI=1S/C35H37NO5/c1-4-18-40-30-16-15-26(22-31(30)39-3)33-32(35(38)41-19-17-24-11-7-5-8-12-24)23(2)36-28-20-27(21-29(37)34(28)33)25-13-9-6-10-14-25/h5-16,22,27,33,36H,4,17-21H2,1-3H3/t27-,33-/m1/s1. The van der Waals surface area contributed by atoms with Gasteiger partial charge in [-0.3, -0.25) is 4.79 Å². The van der Waals surface area contributed by atoms with E-state index in [1.165, 1.54) is 0 Å². The van der Waals surface area contributed by atoms with Crippen molar-refractivity contribution >= 4 is 11.8 Å². The molecule has 1 aliphatic carbocycles. The Balaban J connectivity index is 1.50. The van der Waals surface area contributed by atoms with Crippen LogP contribution < -0.4 is 14.8 Å². The van der Waals surface area contributed by atoms with Crippen molar-refractivity contribution in [2.24, 2.45) is 0 Å². The number of dihydropyridines is 1. The molecular weight excluding hydrogens is 514 g/mol. The molecule has 0 radical (unpaired) electrons. The van der Waals surface area contributed by atoms with Crippen molar-refractivity contribution < 1.29 is 23.8 Å². The van der Waals surface area contributed by atoms with Crippen molar-refractivity contribution in [3.8, 4) is 11.5 Å². The van der Waals surface area contributed by atoms with Gasteiger partial charge in [0.1, 0.15) is 0 Å². The van der Waals surface area contributed by atoms with Gasteiger partial charge in [0.2, 0.25) is 0 Å². The highest BCUT2D eigenvalue weighted by molar-refractivity contribution is 6.04. The third kappa shape index (κ3) is 6.22. The first-order chi connectivity index (χ1) is 20.0. The average Bonchev–Trinajstić information content (AvgIpc) is 3.00.